The predicted octanol–water partition coefficient (Wildman–Crippen LogP) is 4.23. The number of rotatable bonds is 10. The molecule has 0 aromatic heterocycles. The minimum absolute atomic E-state index is 0.0451. The Morgan fingerprint density at radius 3 is 2.05 bits per heavy atom. The molecule has 1 rings (SSSR count). The molecule has 1 N–H and O–H groups in total. The Kier molecular flexibility index (Phi) is 7.78. The monoisotopic (exact) mass is 278 g/mol. The number of aliphatic carboxylic acids is 1. The van der Waals surface area contributed by atoms with Crippen molar-refractivity contribution in [1.29, 1.82) is 0 Å². The standard InChI is InChI=1S/C17H26O3/c1-3-5-7-14-11-15(8-6-4-2)13-16(12-14)20-10-9-17(18)19/h11-13H,3-10H2,1-2H3,(H,18,19). The van der Waals surface area contributed by atoms with Crippen LogP contribution in [0.3, 0.4) is 0 Å². The van der Waals surface area contributed by atoms with E-state index in [0.717, 1.165) is 18.6 Å². The van der Waals surface area contributed by atoms with E-state index >= 15 is 0 Å². The number of carbonyl (C=O) groups is 1. The zero-order chi connectivity index (χ0) is 14.8. The van der Waals surface area contributed by atoms with Gasteiger partial charge in [0.05, 0.1) is 13.0 Å². The summed E-state index contributed by atoms with van der Waals surface area (Å²) >= 11 is 0. The average Bonchev–Trinajstić information content (AvgIpc) is 2.42. The van der Waals surface area contributed by atoms with Gasteiger partial charge in [0, 0.05) is 0 Å². The van der Waals surface area contributed by atoms with E-state index in [1.807, 2.05) is 12.1 Å². The molecular weight excluding hydrogens is 252 g/mol. The molecule has 0 atom stereocenters. The molecule has 0 aliphatic heterocycles. The fourth-order valence-electron chi connectivity index (χ4n) is 2.12. The molecule has 0 radical (unpaired) electrons. The van der Waals surface area contributed by atoms with Gasteiger partial charge in [0.25, 0.3) is 0 Å². The number of aryl methyl sites for hydroxylation is 2. The first-order valence-corrected chi connectivity index (χ1v) is 7.63. The Balaban J connectivity index is 2.71. The van der Waals surface area contributed by atoms with Crippen LogP contribution in [0.1, 0.15) is 57.1 Å². The van der Waals surface area contributed by atoms with E-state index in [1.165, 1.54) is 36.8 Å². The first kappa shape index (κ1) is 16.5. The lowest BCUT2D eigenvalue weighted by Crippen LogP contribution is -2.05. The average molecular weight is 278 g/mol. The van der Waals surface area contributed by atoms with Crippen molar-refractivity contribution in [2.45, 2.75) is 58.8 Å². The van der Waals surface area contributed by atoms with Crippen molar-refractivity contribution in [3.63, 3.8) is 0 Å². The third-order valence-electron chi connectivity index (χ3n) is 3.25. The number of ether oxygens (including phenoxy) is 1. The van der Waals surface area contributed by atoms with E-state index in [2.05, 4.69) is 19.9 Å². The Bertz CT molecular complexity index is 386. The highest BCUT2D eigenvalue weighted by Crippen LogP contribution is 2.20. The highest BCUT2D eigenvalue weighted by molar-refractivity contribution is 5.66. The summed E-state index contributed by atoms with van der Waals surface area (Å²) in [5.41, 5.74) is 2.59. The van der Waals surface area contributed by atoms with Crippen molar-refractivity contribution in [3.05, 3.63) is 29.3 Å². The molecule has 3 nitrogen and oxygen atoms in total. The van der Waals surface area contributed by atoms with Crippen LogP contribution >= 0.6 is 0 Å². The molecule has 0 fully saturated rings. The smallest absolute Gasteiger partial charge is 0.306 e. The van der Waals surface area contributed by atoms with Crippen molar-refractivity contribution >= 4 is 5.97 Å². The molecule has 1 aromatic rings. The van der Waals surface area contributed by atoms with Crippen molar-refractivity contribution in [3.8, 4) is 5.75 Å². The first-order chi connectivity index (χ1) is 9.65. The highest BCUT2D eigenvalue weighted by atomic mass is 16.5. The van der Waals surface area contributed by atoms with E-state index in [0.29, 0.717) is 0 Å². The van der Waals surface area contributed by atoms with Crippen molar-refractivity contribution in [2.24, 2.45) is 0 Å². The number of unbranched alkanes of at least 4 members (excludes halogenated alkanes) is 2. The Labute approximate surface area is 122 Å². The Morgan fingerprint density at radius 2 is 1.60 bits per heavy atom. The second-order valence-corrected chi connectivity index (χ2v) is 5.18. The summed E-state index contributed by atoms with van der Waals surface area (Å²) < 4.78 is 5.58. The molecule has 0 unspecified atom stereocenters. The largest absolute Gasteiger partial charge is 0.493 e. The van der Waals surface area contributed by atoms with Gasteiger partial charge in [0.15, 0.2) is 0 Å². The minimum Gasteiger partial charge on any atom is -0.493 e. The van der Waals surface area contributed by atoms with Gasteiger partial charge >= 0.3 is 5.97 Å². The van der Waals surface area contributed by atoms with Gasteiger partial charge in [-0.25, -0.2) is 0 Å². The molecule has 0 aliphatic carbocycles. The van der Waals surface area contributed by atoms with Gasteiger partial charge in [-0.3, -0.25) is 4.79 Å². The summed E-state index contributed by atoms with van der Waals surface area (Å²) in [6, 6.07) is 6.36. The molecule has 0 amide bonds. The van der Waals surface area contributed by atoms with Crippen LogP contribution in [0.15, 0.2) is 18.2 Å². The number of carboxylic acids is 1. The predicted molar refractivity (Wildman–Crippen MR) is 81.4 cm³/mol. The van der Waals surface area contributed by atoms with Gasteiger partial charge < -0.3 is 9.84 Å². The van der Waals surface area contributed by atoms with Crippen LogP contribution in [-0.2, 0) is 17.6 Å². The zero-order valence-corrected chi connectivity index (χ0v) is 12.7. The SMILES string of the molecule is CCCCc1cc(CCCC)cc(OCCC(=O)O)c1. The van der Waals surface area contributed by atoms with Gasteiger partial charge in [0.1, 0.15) is 5.75 Å². The normalized spacial score (nSPS) is 10.5. The van der Waals surface area contributed by atoms with E-state index in [9.17, 15) is 4.79 Å². The molecule has 0 saturated carbocycles. The molecule has 0 spiro atoms. The van der Waals surface area contributed by atoms with Gasteiger partial charge in [-0.15, -0.1) is 0 Å². The molecule has 1 aromatic carbocycles. The Morgan fingerprint density at radius 1 is 1.05 bits per heavy atom. The number of hydrogen-bond donors (Lipinski definition) is 1. The van der Waals surface area contributed by atoms with Gasteiger partial charge in [-0.2, -0.15) is 0 Å². The molecule has 20 heavy (non-hydrogen) atoms. The summed E-state index contributed by atoms with van der Waals surface area (Å²) in [5.74, 6) is -0.00991. The second-order valence-electron chi connectivity index (χ2n) is 5.18. The molecule has 0 aliphatic rings. The maximum atomic E-state index is 10.5. The summed E-state index contributed by atoms with van der Waals surface area (Å²) in [6.45, 7) is 4.61. The van der Waals surface area contributed by atoms with Gasteiger partial charge in [-0.1, -0.05) is 32.8 Å². The molecular formula is C17H26O3. The quantitative estimate of drug-likeness (QED) is 0.697. The van der Waals surface area contributed by atoms with Crippen molar-refractivity contribution in [1.82, 2.24) is 0 Å². The number of hydrogen-bond acceptors (Lipinski definition) is 2. The summed E-state index contributed by atoms with van der Waals surface area (Å²) in [7, 11) is 0. The lowest BCUT2D eigenvalue weighted by Gasteiger charge is -2.11. The highest BCUT2D eigenvalue weighted by Gasteiger charge is 2.04. The van der Waals surface area contributed by atoms with Crippen LogP contribution in [-0.4, -0.2) is 17.7 Å². The lowest BCUT2D eigenvalue weighted by atomic mass is 10.0. The van der Waals surface area contributed by atoms with Crippen LogP contribution in [0.5, 0.6) is 5.75 Å². The van der Waals surface area contributed by atoms with E-state index in [1.54, 1.807) is 0 Å². The third kappa shape index (κ3) is 6.60. The molecule has 0 bridgehead atoms. The van der Waals surface area contributed by atoms with Crippen molar-refractivity contribution in [2.75, 3.05) is 6.61 Å². The van der Waals surface area contributed by atoms with Gasteiger partial charge in [-0.05, 0) is 48.9 Å². The maximum Gasteiger partial charge on any atom is 0.306 e. The van der Waals surface area contributed by atoms with Gasteiger partial charge in [0.2, 0.25) is 0 Å². The topological polar surface area (TPSA) is 46.5 Å². The van der Waals surface area contributed by atoms with Crippen LogP contribution < -0.4 is 4.74 Å². The molecule has 0 saturated heterocycles. The van der Waals surface area contributed by atoms with Crippen molar-refractivity contribution < 1.29 is 14.6 Å². The summed E-state index contributed by atoms with van der Waals surface area (Å²) in [5, 5.41) is 8.65. The Hall–Kier alpha value is -1.51. The minimum atomic E-state index is -0.821. The van der Waals surface area contributed by atoms with Crippen LogP contribution in [0, 0.1) is 0 Å². The zero-order valence-electron chi connectivity index (χ0n) is 12.7. The fraction of sp³-hybridized carbons (Fsp3) is 0.588. The second kappa shape index (κ2) is 9.40. The first-order valence-electron chi connectivity index (χ1n) is 7.63. The fourth-order valence-corrected chi connectivity index (χ4v) is 2.12. The number of carboxylic acid groups (broad SMARTS) is 1. The van der Waals surface area contributed by atoms with Crippen LogP contribution in [0.4, 0.5) is 0 Å². The molecule has 0 heterocycles. The summed E-state index contributed by atoms with van der Waals surface area (Å²) in [6.07, 6.45) is 6.86. The maximum absolute atomic E-state index is 10.5. The lowest BCUT2D eigenvalue weighted by molar-refractivity contribution is -0.137. The van der Waals surface area contributed by atoms with Crippen LogP contribution in [0.25, 0.3) is 0 Å². The third-order valence-corrected chi connectivity index (χ3v) is 3.25. The van der Waals surface area contributed by atoms with E-state index in [4.69, 9.17) is 9.84 Å². The molecule has 112 valence electrons. The number of benzene rings is 1. The van der Waals surface area contributed by atoms with E-state index < -0.39 is 5.97 Å². The summed E-state index contributed by atoms with van der Waals surface area (Å²) in [4.78, 5) is 10.5. The van der Waals surface area contributed by atoms with Crippen LogP contribution in [0.2, 0.25) is 0 Å². The van der Waals surface area contributed by atoms with E-state index in [-0.39, 0.29) is 13.0 Å². The molecule has 3 heteroatoms.